The second kappa shape index (κ2) is 5.69. The lowest BCUT2D eigenvalue weighted by Gasteiger charge is -2.45. The fourth-order valence-electron chi connectivity index (χ4n) is 5.59. The first kappa shape index (κ1) is 18.2. The van der Waals surface area contributed by atoms with E-state index in [1.165, 1.54) is 9.79 Å². The molecule has 168 valence electrons. The minimum atomic E-state index is -1.03. The van der Waals surface area contributed by atoms with Crippen LogP contribution < -0.4 is 32.8 Å². The summed E-state index contributed by atoms with van der Waals surface area (Å²) in [5.41, 5.74) is 3.28. The highest BCUT2D eigenvalue weighted by Gasteiger charge is 2.55. The van der Waals surface area contributed by atoms with Gasteiger partial charge < -0.3 is 23.8 Å². The highest BCUT2D eigenvalue weighted by Crippen LogP contribution is 2.48. The fraction of sp³-hybridized carbons (Fsp3) is 0.333. The number of furan rings is 2. The van der Waals surface area contributed by atoms with Crippen LogP contribution in [0.3, 0.4) is 0 Å². The van der Waals surface area contributed by atoms with Gasteiger partial charge >= 0.3 is 29.1 Å². The predicted molar refractivity (Wildman–Crippen MR) is 102 cm³/mol. The third-order valence-corrected chi connectivity index (χ3v) is 6.77. The van der Waals surface area contributed by atoms with Gasteiger partial charge in [0.15, 0.2) is 11.7 Å². The van der Waals surface area contributed by atoms with Crippen LogP contribution in [-0.4, -0.2) is 33.0 Å². The van der Waals surface area contributed by atoms with E-state index in [4.69, 9.17) is 13.6 Å². The Morgan fingerprint density at radius 1 is 0.909 bits per heavy atom. The van der Waals surface area contributed by atoms with Gasteiger partial charge in [-0.3, -0.25) is 9.59 Å². The topological polar surface area (TPSA) is 201 Å². The molecule has 0 spiro atoms. The van der Waals surface area contributed by atoms with E-state index in [0.717, 1.165) is 0 Å². The maximum Gasteiger partial charge on any atom is 0.349 e. The zero-order valence-electron chi connectivity index (χ0n) is 16.3. The van der Waals surface area contributed by atoms with Crippen molar-refractivity contribution in [2.75, 3.05) is 5.12 Å². The Morgan fingerprint density at radius 2 is 1.64 bits per heavy atom. The molecule has 0 amide bonds. The standard InChI is InChI=1S/C18H12N6O9/c25-13-4-2-1-3-5(6(4)14(26)31-13)10-8-7(15(27)32-16(8)28)9-11(18(30)33-17(9)29)23(10)24-12(3)19-20-21-22-24/h3-4,6,12,28,30H,1-2H2,(H,19,21)(H,20,22). The number of nitrogens with zero attached hydrogens (tertiary/aromatic N) is 4. The zero-order chi connectivity index (χ0) is 22.8. The molecule has 4 aliphatic rings. The molecule has 2 fully saturated rings. The second-order valence-electron chi connectivity index (χ2n) is 8.18. The molecule has 0 aromatic carbocycles. The van der Waals surface area contributed by atoms with Gasteiger partial charge in [0.1, 0.15) is 5.39 Å². The summed E-state index contributed by atoms with van der Waals surface area (Å²) in [6, 6.07) is 0. The molecule has 15 nitrogen and oxygen atoms in total. The first-order chi connectivity index (χ1) is 15.9. The fourth-order valence-corrected chi connectivity index (χ4v) is 5.59. The quantitative estimate of drug-likeness (QED) is 0.223. The summed E-state index contributed by atoms with van der Waals surface area (Å²) in [7, 11) is 0. The van der Waals surface area contributed by atoms with Crippen LogP contribution in [-0.2, 0) is 14.3 Å². The number of nitrogens with one attached hydrogen (secondary N) is 2. The van der Waals surface area contributed by atoms with Gasteiger partial charge in [-0.1, -0.05) is 5.22 Å². The van der Waals surface area contributed by atoms with E-state index >= 15 is 0 Å². The monoisotopic (exact) mass is 456 g/mol. The molecule has 6 heterocycles. The zero-order valence-corrected chi connectivity index (χ0v) is 16.3. The molecule has 15 heteroatoms. The highest BCUT2D eigenvalue weighted by molar-refractivity contribution is 6.10. The second-order valence-corrected chi connectivity index (χ2v) is 8.18. The number of esters is 2. The molecule has 4 atom stereocenters. The van der Waals surface area contributed by atoms with Crippen molar-refractivity contribution >= 4 is 39.2 Å². The Hall–Kier alpha value is -4.40. The summed E-state index contributed by atoms with van der Waals surface area (Å²) in [5, 5.41) is 29.7. The van der Waals surface area contributed by atoms with Crippen LogP contribution in [0.5, 0.6) is 11.9 Å². The van der Waals surface area contributed by atoms with Gasteiger partial charge in [0.2, 0.25) is 0 Å². The van der Waals surface area contributed by atoms with Gasteiger partial charge in [-0.15, -0.1) is 10.6 Å². The van der Waals surface area contributed by atoms with Crippen LogP contribution in [0.25, 0.3) is 27.2 Å². The molecule has 4 N–H and O–H groups in total. The Bertz CT molecular complexity index is 1650. The van der Waals surface area contributed by atoms with Crippen molar-refractivity contribution in [1.29, 1.82) is 0 Å². The van der Waals surface area contributed by atoms with Crippen molar-refractivity contribution in [3.8, 4) is 11.9 Å². The molecule has 3 aliphatic heterocycles. The molecule has 33 heavy (non-hydrogen) atoms. The number of fused-ring (bicyclic) bond motifs is 12. The summed E-state index contributed by atoms with van der Waals surface area (Å²) >= 11 is 0. The van der Waals surface area contributed by atoms with E-state index in [0.29, 0.717) is 18.4 Å². The molecule has 0 radical (unpaired) electrons. The maximum absolute atomic E-state index is 12.8. The Morgan fingerprint density at radius 3 is 2.45 bits per heavy atom. The smallest absolute Gasteiger partial charge is 0.349 e. The third kappa shape index (κ3) is 1.98. The van der Waals surface area contributed by atoms with E-state index in [2.05, 4.69) is 21.4 Å². The Balaban J connectivity index is 1.79. The van der Waals surface area contributed by atoms with Crippen molar-refractivity contribution in [2.24, 2.45) is 28.1 Å². The molecule has 7 rings (SSSR count). The SMILES string of the molecule is O=C1OC(=O)C2C3=c4c5c(O)oc(=O)c5c5c(=O)oc(O)c5n4N4NNN=NC4C3CCC12. The van der Waals surface area contributed by atoms with Crippen LogP contribution in [0.4, 0.5) is 0 Å². The molecule has 1 aliphatic carbocycles. The predicted octanol–water partition coefficient (Wildman–Crippen LogP) is -1.62. The Labute approximate surface area is 179 Å². The van der Waals surface area contributed by atoms with Crippen molar-refractivity contribution in [3.05, 3.63) is 26.2 Å². The number of aromatic hydroxyl groups is 2. The number of hydrogen-bond acceptors (Lipinski definition) is 14. The number of cyclic esters (lactones) is 2. The molecule has 1 saturated carbocycles. The number of carbonyl (C=O) groups excluding carboxylic acids is 2. The largest absolute Gasteiger partial charge is 0.480 e. The van der Waals surface area contributed by atoms with Gasteiger partial charge in [-0.2, -0.15) is 5.12 Å². The number of pyridine rings is 1. The normalized spacial score (nSPS) is 27.9. The van der Waals surface area contributed by atoms with Crippen LogP contribution in [0.1, 0.15) is 12.8 Å². The lowest BCUT2D eigenvalue weighted by atomic mass is 9.69. The van der Waals surface area contributed by atoms with Crippen molar-refractivity contribution in [3.63, 3.8) is 0 Å². The maximum atomic E-state index is 12.8. The van der Waals surface area contributed by atoms with Crippen LogP contribution >= 0.6 is 0 Å². The van der Waals surface area contributed by atoms with Crippen molar-refractivity contribution in [2.45, 2.75) is 19.0 Å². The van der Waals surface area contributed by atoms with Crippen LogP contribution in [0.2, 0.25) is 0 Å². The minimum absolute atomic E-state index is 0.0750. The molecule has 1 saturated heterocycles. The van der Waals surface area contributed by atoms with Gasteiger partial charge in [0.25, 0.3) is 5.95 Å². The van der Waals surface area contributed by atoms with Crippen molar-refractivity contribution < 1.29 is 33.4 Å². The number of hydrazine groups is 2. The first-order valence-corrected chi connectivity index (χ1v) is 9.94. The number of carbonyl (C=O) groups is 2. The summed E-state index contributed by atoms with van der Waals surface area (Å²) in [6.45, 7) is 0. The van der Waals surface area contributed by atoms with Gasteiger partial charge in [0.05, 0.1) is 28.0 Å². The lowest BCUT2D eigenvalue weighted by Crippen LogP contribution is -2.67. The van der Waals surface area contributed by atoms with E-state index in [1.807, 2.05) is 0 Å². The van der Waals surface area contributed by atoms with Gasteiger partial charge in [0, 0.05) is 5.92 Å². The highest BCUT2D eigenvalue weighted by atomic mass is 16.6. The summed E-state index contributed by atoms with van der Waals surface area (Å²) in [6.07, 6.45) is -0.0460. The van der Waals surface area contributed by atoms with E-state index < -0.39 is 59.0 Å². The number of hydrogen-bond donors (Lipinski definition) is 4. The average molecular weight is 456 g/mol. The minimum Gasteiger partial charge on any atom is -0.480 e. The molecule has 4 unspecified atom stereocenters. The average Bonchev–Trinajstić information content (AvgIpc) is 3.37. The molecular weight excluding hydrogens is 444 g/mol. The van der Waals surface area contributed by atoms with Crippen LogP contribution in [0, 0.1) is 17.8 Å². The third-order valence-electron chi connectivity index (χ3n) is 6.77. The summed E-state index contributed by atoms with van der Waals surface area (Å²) < 4.78 is 15.9. The van der Waals surface area contributed by atoms with E-state index in [1.54, 1.807) is 0 Å². The first-order valence-electron chi connectivity index (χ1n) is 9.94. The number of rotatable bonds is 0. The van der Waals surface area contributed by atoms with E-state index in [-0.39, 0.29) is 27.0 Å². The molecule has 0 bridgehead atoms. The summed E-state index contributed by atoms with van der Waals surface area (Å²) in [4.78, 5) is 50.3. The molecule has 3 aromatic rings. The van der Waals surface area contributed by atoms with E-state index in [9.17, 15) is 29.4 Å². The lowest BCUT2D eigenvalue weighted by molar-refractivity contribution is -0.153. The molecular formula is C18H12N6O9. The van der Waals surface area contributed by atoms with Crippen LogP contribution in [0.15, 0.2) is 28.8 Å². The number of ether oxygens (including phenoxy) is 1. The summed E-state index contributed by atoms with van der Waals surface area (Å²) in [5.74, 6) is -5.34. The molecule has 3 aromatic heterocycles. The van der Waals surface area contributed by atoms with Gasteiger partial charge in [-0.05, 0) is 18.4 Å². The van der Waals surface area contributed by atoms with Crippen molar-refractivity contribution in [1.82, 2.24) is 15.7 Å². The Kier molecular flexibility index (Phi) is 3.14. The van der Waals surface area contributed by atoms with Gasteiger partial charge in [-0.25, -0.2) is 19.8 Å². The number of aromatic nitrogens is 1.